The number of benzene rings is 1. The van der Waals surface area contributed by atoms with Crippen molar-refractivity contribution in [2.75, 3.05) is 7.11 Å². The number of nitrogens with zero attached hydrogens (tertiary/aromatic N) is 1. The van der Waals surface area contributed by atoms with E-state index in [1.807, 2.05) is 31.2 Å². The molecule has 0 saturated carbocycles. The summed E-state index contributed by atoms with van der Waals surface area (Å²) < 4.78 is 5.17. The molecule has 0 spiro atoms. The Kier molecular flexibility index (Phi) is 4.76. The molecule has 2 rings (SSSR count). The van der Waals surface area contributed by atoms with E-state index in [0.29, 0.717) is 12.2 Å². The van der Waals surface area contributed by atoms with E-state index < -0.39 is 0 Å². The number of carbonyl (C=O) groups excluding carboxylic acids is 1. The molecule has 0 saturated heterocycles. The topological polar surface area (TPSA) is 99.9 Å². The van der Waals surface area contributed by atoms with Crippen LogP contribution in [0.5, 0.6) is 5.75 Å². The van der Waals surface area contributed by atoms with Crippen molar-refractivity contribution in [1.82, 2.24) is 20.5 Å². The molecule has 1 atom stereocenters. The molecule has 1 unspecified atom stereocenters. The highest BCUT2D eigenvalue weighted by atomic mass is 16.5. The van der Waals surface area contributed by atoms with Crippen molar-refractivity contribution in [2.45, 2.75) is 25.8 Å². The van der Waals surface area contributed by atoms with E-state index >= 15 is 0 Å². The van der Waals surface area contributed by atoms with Gasteiger partial charge < -0.3 is 10.1 Å². The van der Waals surface area contributed by atoms with Crippen molar-refractivity contribution < 1.29 is 9.53 Å². The van der Waals surface area contributed by atoms with E-state index in [1.54, 1.807) is 7.11 Å². The van der Waals surface area contributed by atoms with E-state index in [2.05, 4.69) is 20.5 Å². The fourth-order valence-corrected chi connectivity index (χ4v) is 1.99. The number of hydrogen-bond donors (Lipinski definition) is 3. The highest BCUT2D eigenvalue weighted by molar-refractivity contribution is 5.76. The Labute approximate surface area is 121 Å². The van der Waals surface area contributed by atoms with Gasteiger partial charge in [-0.2, -0.15) is 5.10 Å². The average Bonchev–Trinajstić information content (AvgIpc) is 2.91. The Bertz CT molecular complexity index is 662. The lowest BCUT2D eigenvalue weighted by Crippen LogP contribution is -2.24. The molecule has 0 aliphatic rings. The molecular weight excluding hydrogens is 272 g/mol. The number of aromatic nitrogens is 3. The number of aromatic amines is 2. The Morgan fingerprint density at radius 3 is 2.95 bits per heavy atom. The van der Waals surface area contributed by atoms with Crippen molar-refractivity contribution in [2.24, 2.45) is 0 Å². The van der Waals surface area contributed by atoms with Gasteiger partial charge in [0.2, 0.25) is 5.91 Å². The fourth-order valence-electron chi connectivity index (χ4n) is 1.99. The second-order valence-electron chi connectivity index (χ2n) is 4.78. The minimum atomic E-state index is -0.385. The molecule has 0 radical (unpaired) electrons. The van der Waals surface area contributed by atoms with E-state index in [0.717, 1.165) is 11.3 Å². The normalized spacial score (nSPS) is 11.9. The summed E-state index contributed by atoms with van der Waals surface area (Å²) in [5.74, 6) is 1.14. The second-order valence-corrected chi connectivity index (χ2v) is 4.78. The minimum absolute atomic E-state index is 0.0679. The van der Waals surface area contributed by atoms with Crippen molar-refractivity contribution in [3.05, 3.63) is 46.1 Å². The second kappa shape index (κ2) is 6.74. The summed E-state index contributed by atoms with van der Waals surface area (Å²) in [6.45, 7) is 2.17. The summed E-state index contributed by atoms with van der Waals surface area (Å²) in [5.41, 5.74) is 0.654. The standard InChI is InChI=1S/C14H18N4O3/c1-9(10-4-3-5-11(7-10)21-2)6-13(19)15-8-12-16-14(20)18-17-12/h3-5,7,9H,6,8H2,1-2H3,(H,15,19)(H2,16,17,18,20). The first-order valence-corrected chi connectivity index (χ1v) is 6.62. The highest BCUT2D eigenvalue weighted by Gasteiger charge is 2.12. The van der Waals surface area contributed by atoms with E-state index in [4.69, 9.17) is 4.74 Å². The van der Waals surface area contributed by atoms with Gasteiger partial charge in [0.1, 0.15) is 11.6 Å². The van der Waals surface area contributed by atoms with Crippen molar-refractivity contribution >= 4 is 5.91 Å². The van der Waals surface area contributed by atoms with Crippen LogP contribution < -0.4 is 15.7 Å². The van der Waals surface area contributed by atoms with Crippen LogP contribution in [0.2, 0.25) is 0 Å². The summed E-state index contributed by atoms with van der Waals surface area (Å²) in [5, 5.41) is 8.69. The Morgan fingerprint density at radius 1 is 1.48 bits per heavy atom. The number of ether oxygens (including phenoxy) is 1. The largest absolute Gasteiger partial charge is 0.497 e. The lowest BCUT2D eigenvalue weighted by molar-refractivity contribution is -0.121. The summed E-state index contributed by atoms with van der Waals surface area (Å²) in [7, 11) is 1.61. The first kappa shape index (κ1) is 14.8. The Hall–Kier alpha value is -2.57. The number of rotatable bonds is 6. The molecular formula is C14H18N4O3. The van der Waals surface area contributed by atoms with Crippen molar-refractivity contribution in [3.8, 4) is 5.75 Å². The van der Waals surface area contributed by atoms with Crippen LogP contribution in [0.3, 0.4) is 0 Å². The van der Waals surface area contributed by atoms with Gasteiger partial charge in [-0.3, -0.25) is 9.78 Å². The number of methoxy groups -OCH3 is 1. The summed E-state index contributed by atoms with van der Waals surface area (Å²) in [6, 6.07) is 7.65. The number of nitrogens with one attached hydrogen (secondary N) is 3. The van der Waals surface area contributed by atoms with Crippen molar-refractivity contribution in [3.63, 3.8) is 0 Å². The monoisotopic (exact) mass is 290 g/mol. The molecule has 1 aromatic carbocycles. The third-order valence-electron chi connectivity index (χ3n) is 3.16. The van der Waals surface area contributed by atoms with Gasteiger partial charge in [-0.15, -0.1) is 0 Å². The van der Waals surface area contributed by atoms with Gasteiger partial charge in [-0.05, 0) is 23.6 Å². The SMILES string of the molecule is COc1cccc(C(C)CC(=O)NCc2n[nH]c(=O)[nH]2)c1. The first-order chi connectivity index (χ1) is 10.1. The maximum Gasteiger partial charge on any atom is 0.340 e. The predicted molar refractivity (Wildman–Crippen MR) is 77.1 cm³/mol. The Morgan fingerprint density at radius 2 is 2.29 bits per heavy atom. The van der Waals surface area contributed by atoms with Crippen molar-refractivity contribution in [1.29, 1.82) is 0 Å². The first-order valence-electron chi connectivity index (χ1n) is 6.62. The van der Waals surface area contributed by atoms with Crippen LogP contribution in [0.15, 0.2) is 29.1 Å². The number of amides is 1. The molecule has 1 aromatic heterocycles. The molecule has 1 heterocycles. The number of carbonyl (C=O) groups is 1. The molecule has 112 valence electrons. The summed E-state index contributed by atoms with van der Waals surface area (Å²) in [4.78, 5) is 25.2. The van der Waals surface area contributed by atoms with Gasteiger partial charge in [0.05, 0.1) is 13.7 Å². The number of hydrogen-bond acceptors (Lipinski definition) is 4. The molecule has 7 heteroatoms. The van der Waals surface area contributed by atoms with Crippen LogP contribution in [-0.4, -0.2) is 28.2 Å². The lowest BCUT2D eigenvalue weighted by Gasteiger charge is -2.12. The smallest absolute Gasteiger partial charge is 0.340 e. The molecule has 21 heavy (non-hydrogen) atoms. The maximum absolute atomic E-state index is 11.9. The van der Waals surface area contributed by atoms with Gasteiger partial charge in [-0.25, -0.2) is 9.89 Å². The fraction of sp³-hybridized carbons (Fsp3) is 0.357. The van der Waals surface area contributed by atoms with E-state index in [9.17, 15) is 9.59 Å². The zero-order valence-electron chi connectivity index (χ0n) is 12.0. The van der Waals surface area contributed by atoms with Crippen LogP contribution in [0.4, 0.5) is 0 Å². The highest BCUT2D eigenvalue weighted by Crippen LogP contribution is 2.22. The van der Waals surface area contributed by atoms with Gasteiger partial charge >= 0.3 is 5.69 Å². The third kappa shape index (κ3) is 4.20. The van der Waals surface area contributed by atoms with Gasteiger partial charge in [0, 0.05) is 6.42 Å². The lowest BCUT2D eigenvalue weighted by atomic mass is 9.97. The summed E-state index contributed by atoms with van der Waals surface area (Å²) >= 11 is 0. The molecule has 3 N–H and O–H groups in total. The van der Waals surface area contributed by atoms with Crippen LogP contribution in [0.25, 0.3) is 0 Å². The molecule has 1 amide bonds. The van der Waals surface area contributed by atoms with Crippen LogP contribution in [0.1, 0.15) is 30.7 Å². The number of H-pyrrole nitrogens is 2. The Balaban J connectivity index is 1.87. The third-order valence-corrected chi connectivity index (χ3v) is 3.16. The quantitative estimate of drug-likeness (QED) is 0.736. The maximum atomic E-state index is 11.9. The van der Waals surface area contributed by atoms with E-state index in [1.165, 1.54) is 0 Å². The molecule has 0 aliphatic carbocycles. The molecule has 0 aliphatic heterocycles. The van der Waals surface area contributed by atoms with Gasteiger partial charge in [0.25, 0.3) is 0 Å². The molecule has 0 bridgehead atoms. The zero-order chi connectivity index (χ0) is 15.2. The van der Waals surface area contributed by atoms with Crippen LogP contribution in [0, 0.1) is 0 Å². The van der Waals surface area contributed by atoms with E-state index in [-0.39, 0.29) is 24.1 Å². The minimum Gasteiger partial charge on any atom is -0.497 e. The molecule has 0 fully saturated rings. The zero-order valence-corrected chi connectivity index (χ0v) is 12.0. The average molecular weight is 290 g/mol. The van der Waals surface area contributed by atoms with Crippen LogP contribution >= 0.6 is 0 Å². The predicted octanol–water partition coefficient (Wildman–Crippen LogP) is 0.917. The van der Waals surface area contributed by atoms with Gasteiger partial charge in [-0.1, -0.05) is 19.1 Å². The molecule has 7 nitrogen and oxygen atoms in total. The molecule has 2 aromatic rings. The van der Waals surface area contributed by atoms with Crippen LogP contribution in [-0.2, 0) is 11.3 Å². The van der Waals surface area contributed by atoms with Gasteiger partial charge in [0.15, 0.2) is 0 Å². The summed E-state index contributed by atoms with van der Waals surface area (Å²) in [6.07, 6.45) is 0.349.